The number of hydrogen-bond acceptors (Lipinski definition) is 1. The predicted octanol–water partition coefficient (Wildman–Crippen LogP) is 4.87. The summed E-state index contributed by atoms with van der Waals surface area (Å²) >= 11 is 0. The molecular weight excluding hydrogens is 236 g/mol. The van der Waals surface area contributed by atoms with Gasteiger partial charge in [-0.1, -0.05) is 32.6 Å². The molecule has 110 valence electrons. The van der Waals surface area contributed by atoms with Crippen molar-refractivity contribution in [3.8, 4) is 0 Å². The fourth-order valence-electron chi connectivity index (χ4n) is 4.47. The Balaban J connectivity index is 1.69. The van der Waals surface area contributed by atoms with E-state index in [1.165, 1.54) is 51.4 Å². The summed E-state index contributed by atoms with van der Waals surface area (Å²) < 4.78 is 0. The van der Waals surface area contributed by atoms with E-state index in [0.717, 1.165) is 30.6 Å². The molecule has 19 heavy (non-hydrogen) atoms. The number of aliphatic carboxylic acids is 1. The smallest absolute Gasteiger partial charge is 0.303 e. The van der Waals surface area contributed by atoms with Gasteiger partial charge in [0, 0.05) is 6.42 Å². The van der Waals surface area contributed by atoms with Gasteiger partial charge in [-0.3, -0.25) is 4.79 Å². The Hall–Kier alpha value is -0.530. The summed E-state index contributed by atoms with van der Waals surface area (Å²) in [5, 5.41) is 8.86. The van der Waals surface area contributed by atoms with Gasteiger partial charge in [0.25, 0.3) is 0 Å². The van der Waals surface area contributed by atoms with Gasteiger partial charge in [-0.05, 0) is 62.2 Å². The zero-order valence-corrected chi connectivity index (χ0v) is 12.4. The molecule has 2 aliphatic rings. The highest BCUT2D eigenvalue weighted by Crippen LogP contribution is 2.42. The molecule has 2 fully saturated rings. The number of carboxylic acid groups (broad SMARTS) is 1. The molecule has 2 aliphatic carbocycles. The quantitative estimate of drug-likeness (QED) is 0.770. The van der Waals surface area contributed by atoms with Crippen molar-refractivity contribution in [3.05, 3.63) is 0 Å². The first-order valence-corrected chi connectivity index (χ1v) is 8.40. The molecule has 2 heteroatoms. The molecular formula is C17H30O2. The minimum Gasteiger partial charge on any atom is -0.481 e. The summed E-state index contributed by atoms with van der Waals surface area (Å²) in [4.78, 5) is 10.7. The van der Waals surface area contributed by atoms with Crippen LogP contribution in [0.5, 0.6) is 0 Å². The van der Waals surface area contributed by atoms with Crippen molar-refractivity contribution in [2.45, 2.75) is 77.6 Å². The van der Waals surface area contributed by atoms with E-state index in [9.17, 15) is 4.79 Å². The lowest BCUT2D eigenvalue weighted by Crippen LogP contribution is -2.26. The maximum Gasteiger partial charge on any atom is 0.303 e. The van der Waals surface area contributed by atoms with E-state index in [2.05, 4.69) is 6.92 Å². The number of rotatable bonds is 5. The fourth-order valence-corrected chi connectivity index (χ4v) is 4.47. The summed E-state index contributed by atoms with van der Waals surface area (Å²) in [5.74, 6) is 2.73. The molecule has 0 amide bonds. The van der Waals surface area contributed by atoms with Gasteiger partial charge < -0.3 is 5.11 Å². The molecule has 0 aromatic heterocycles. The highest BCUT2D eigenvalue weighted by Gasteiger charge is 2.31. The minimum atomic E-state index is -0.608. The minimum absolute atomic E-state index is 0.399. The second-order valence-electron chi connectivity index (χ2n) is 6.95. The lowest BCUT2D eigenvalue weighted by atomic mass is 9.68. The van der Waals surface area contributed by atoms with Crippen LogP contribution < -0.4 is 0 Å². The van der Waals surface area contributed by atoms with Gasteiger partial charge >= 0.3 is 5.97 Å². The third kappa shape index (κ3) is 4.50. The van der Waals surface area contributed by atoms with Crippen molar-refractivity contribution in [3.63, 3.8) is 0 Å². The second-order valence-corrected chi connectivity index (χ2v) is 6.95. The van der Waals surface area contributed by atoms with Gasteiger partial charge in [-0.2, -0.15) is 0 Å². The molecule has 0 radical (unpaired) electrons. The molecule has 0 heterocycles. The third-order valence-corrected chi connectivity index (χ3v) is 5.61. The predicted molar refractivity (Wildman–Crippen MR) is 78.1 cm³/mol. The first-order chi connectivity index (χ1) is 9.19. The molecule has 0 aliphatic heterocycles. The van der Waals surface area contributed by atoms with Gasteiger partial charge in [0.1, 0.15) is 0 Å². The van der Waals surface area contributed by atoms with Gasteiger partial charge in [-0.25, -0.2) is 0 Å². The van der Waals surface area contributed by atoms with Crippen LogP contribution in [-0.2, 0) is 4.79 Å². The molecule has 0 spiro atoms. The Kier molecular flexibility index (Phi) is 5.72. The van der Waals surface area contributed by atoms with Crippen LogP contribution in [0.15, 0.2) is 0 Å². The van der Waals surface area contributed by atoms with Gasteiger partial charge in [0.15, 0.2) is 0 Å². The Bertz CT molecular complexity index is 271. The van der Waals surface area contributed by atoms with E-state index >= 15 is 0 Å². The Morgan fingerprint density at radius 2 is 1.37 bits per heavy atom. The number of carboxylic acids is 1. The third-order valence-electron chi connectivity index (χ3n) is 5.61. The van der Waals surface area contributed by atoms with E-state index < -0.39 is 5.97 Å². The zero-order chi connectivity index (χ0) is 13.7. The number of carbonyl (C=O) groups is 1. The highest BCUT2D eigenvalue weighted by atomic mass is 16.4. The standard InChI is InChI=1S/C17H30O2/c1-2-3-13-4-8-15(9-5-13)16-10-6-14(7-11-16)12-17(18)19/h13-16H,2-12H2,1H3,(H,18,19). The van der Waals surface area contributed by atoms with Crippen LogP contribution in [-0.4, -0.2) is 11.1 Å². The van der Waals surface area contributed by atoms with Crippen LogP contribution in [0, 0.1) is 23.7 Å². The second kappa shape index (κ2) is 7.31. The molecule has 0 aromatic rings. The fraction of sp³-hybridized carbons (Fsp3) is 0.941. The summed E-state index contributed by atoms with van der Waals surface area (Å²) in [7, 11) is 0. The first-order valence-electron chi connectivity index (χ1n) is 8.40. The summed E-state index contributed by atoms with van der Waals surface area (Å²) in [5.41, 5.74) is 0. The van der Waals surface area contributed by atoms with Crippen molar-refractivity contribution in [1.29, 1.82) is 0 Å². The maximum absolute atomic E-state index is 10.7. The van der Waals surface area contributed by atoms with Crippen LogP contribution in [0.2, 0.25) is 0 Å². The summed E-state index contributed by atoms with van der Waals surface area (Å²) in [6.45, 7) is 2.30. The monoisotopic (exact) mass is 266 g/mol. The lowest BCUT2D eigenvalue weighted by molar-refractivity contribution is -0.138. The average Bonchev–Trinajstić information content (AvgIpc) is 2.40. The summed E-state index contributed by atoms with van der Waals surface area (Å²) in [6, 6.07) is 0. The average molecular weight is 266 g/mol. The molecule has 1 N–H and O–H groups in total. The molecule has 0 aromatic carbocycles. The normalized spacial score (nSPS) is 36.1. The molecule has 2 nitrogen and oxygen atoms in total. The van der Waals surface area contributed by atoms with Gasteiger partial charge in [0.2, 0.25) is 0 Å². The Morgan fingerprint density at radius 3 is 1.79 bits per heavy atom. The van der Waals surface area contributed by atoms with E-state index in [1.807, 2.05) is 0 Å². The first kappa shape index (κ1) is 14.9. The van der Waals surface area contributed by atoms with Crippen LogP contribution in [0.1, 0.15) is 77.6 Å². The zero-order valence-electron chi connectivity index (χ0n) is 12.4. The van der Waals surface area contributed by atoms with E-state index in [4.69, 9.17) is 5.11 Å². The SMILES string of the molecule is CCCC1CCC(C2CCC(CC(=O)O)CC2)CC1. The van der Waals surface area contributed by atoms with E-state index in [1.54, 1.807) is 0 Å². The largest absolute Gasteiger partial charge is 0.481 e. The van der Waals surface area contributed by atoms with Gasteiger partial charge in [-0.15, -0.1) is 0 Å². The van der Waals surface area contributed by atoms with Crippen LogP contribution in [0.25, 0.3) is 0 Å². The molecule has 0 atom stereocenters. The van der Waals surface area contributed by atoms with Crippen LogP contribution >= 0.6 is 0 Å². The topological polar surface area (TPSA) is 37.3 Å². The van der Waals surface area contributed by atoms with Crippen molar-refractivity contribution in [2.24, 2.45) is 23.7 Å². The Labute approximate surface area is 118 Å². The van der Waals surface area contributed by atoms with Crippen molar-refractivity contribution in [2.75, 3.05) is 0 Å². The van der Waals surface area contributed by atoms with Crippen LogP contribution in [0.4, 0.5) is 0 Å². The van der Waals surface area contributed by atoms with Crippen LogP contribution in [0.3, 0.4) is 0 Å². The van der Waals surface area contributed by atoms with E-state index in [0.29, 0.717) is 12.3 Å². The molecule has 0 saturated heterocycles. The van der Waals surface area contributed by atoms with E-state index in [-0.39, 0.29) is 0 Å². The molecule has 0 unspecified atom stereocenters. The van der Waals surface area contributed by atoms with Gasteiger partial charge in [0.05, 0.1) is 0 Å². The Morgan fingerprint density at radius 1 is 0.895 bits per heavy atom. The van der Waals surface area contributed by atoms with Crippen molar-refractivity contribution >= 4 is 5.97 Å². The number of hydrogen-bond donors (Lipinski definition) is 1. The molecule has 2 saturated carbocycles. The lowest BCUT2D eigenvalue weighted by Gasteiger charge is -2.37. The van der Waals surface area contributed by atoms with Crippen molar-refractivity contribution < 1.29 is 9.90 Å². The highest BCUT2D eigenvalue weighted by molar-refractivity contribution is 5.67. The molecule has 2 rings (SSSR count). The molecule has 0 bridgehead atoms. The summed E-state index contributed by atoms with van der Waals surface area (Å²) in [6.07, 6.45) is 13.9. The van der Waals surface area contributed by atoms with Crippen molar-refractivity contribution in [1.82, 2.24) is 0 Å². The maximum atomic E-state index is 10.7.